The third-order valence-corrected chi connectivity index (χ3v) is 0.175. The molecule has 0 aliphatic rings. The van der Waals surface area contributed by atoms with Crippen LogP contribution in [-0.4, -0.2) is 25.3 Å². The summed E-state index contributed by atoms with van der Waals surface area (Å²) in [5.41, 5.74) is 0. The van der Waals surface area contributed by atoms with Crippen molar-refractivity contribution in [3.05, 3.63) is 12.7 Å². The van der Waals surface area contributed by atoms with E-state index in [0.717, 1.165) is 6.08 Å². The van der Waals surface area contributed by atoms with Crippen molar-refractivity contribution in [2.24, 2.45) is 0 Å². The molecule has 0 aromatic heterocycles. The summed E-state index contributed by atoms with van der Waals surface area (Å²) in [5, 5.41) is 7.60. The summed E-state index contributed by atoms with van der Waals surface area (Å²) >= 11 is 0. The van der Waals surface area contributed by atoms with Gasteiger partial charge in [0.25, 0.3) is 0 Å². The first-order chi connectivity index (χ1) is 3.68. The molecule has 0 heterocycles. The maximum Gasteiger partial charge on any atom is 0.327 e. The maximum absolute atomic E-state index is 9.25. The highest BCUT2D eigenvalue weighted by Crippen LogP contribution is 1.54. The molecule has 0 aliphatic carbocycles. The van der Waals surface area contributed by atoms with Gasteiger partial charge in [0.2, 0.25) is 0 Å². The summed E-state index contributed by atoms with van der Waals surface area (Å²) in [6.07, 6.45) is 0.833. The van der Waals surface area contributed by atoms with Crippen molar-refractivity contribution in [2.75, 3.05) is 14.2 Å². The maximum atomic E-state index is 9.25. The monoisotopic (exact) mass is 118 g/mol. The van der Waals surface area contributed by atoms with E-state index < -0.39 is 5.97 Å². The van der Waals surface area contributed by atoms with Gasteiger partial charge >= 0.3 is 5.97 Å². The van der Waals surface area contributed by atoms with Gasteiger partial charge in [-0.15, -0.1) is 0 Å². The van der Waals surface area contributed by atoms with Crippen molar-refractivity contribution in [3.63, 3.8) is 0 Å². The van der Waals surface area contributed by atoms with Crippen LogP contribution in [0.5, 0.6) is 0 Å². The molecule has 1 N–H and O–H groups in total. The molecule has 0 spiro atoms. The smallest absolute Gasteiger partial charge is 0.327 e. The average molecular weight is 118 g/mol. The summed E-state index contributed by atoms with van der Waals surface area (Å²) in [6, 6.07) is 0. The van der Waals surface area contributed by atoms with Gasteiger partial charge in [0, 0.05) is 20.3 Å². The number of carbonyl (C=O) groups is 1. The molecule has 0 fully saturated rings. The lowest BCUT2D eigenvalue weighted by Gasteiger charge is -1.64. The summed E-state index contributed by atoms with van der Waals surface area (Å²) in [6.45, 7) is 2.96. The molecule has 0 radical (unpaired) electrons. The molecule has 0 unspecified atom stereocenters. The van der Waals surface area contributed by atoms with E-state index in [0.29, 0.717) is 0 Å². The molecule has 0 saturated heterocycles. The Bertz CT molecular complexity index is 68.1. The fourth-order valence-electron chi connectivity index (χ4n) is 0. The fourth-order valence-corrected chi connectivity index (χ4v) is 0. The topological polar surface area (TPSA) is 46.5 Å². The number of rotatable bonds is 1. The molecular weight excluding hydrogens is 108 g/mol. The molecular formula is C5H10O3. The Morgan fingerprint density at radius 3 is 1.88 bits per heavy atom. The summed E-state index contributed by atoms with van der Waals surface area (Å²) in [5.74, 6) is -0.981. The zero-order valence-electron chi connectivity index (χ0n) is 5.05. The van der Waals surface area contributed by atoms with E-state index in [1.807, 2.05) is 0 Å². The molecule has 0 aliphatic heterocycles. The van der Waals surface area contributed by atoms with Crippen molar-refractivity contribution in [3.8, 4) is 0 Å². The zero-order chi connectivity index (χ0) is 6.99. The highest BCUT2D eigenvalue weighted by Gasteiger charge is 1.73. The van der Waals surface area contributed by atoms with E-state index in [9.17, 15) is 4.79 Å². The summed E-state index contributed by atoms with van der Waals surface area (Å²) in [7, 11) is 3.25. The quantitative estimate of drug-likeness (QED) is 0.510. The molecule has 3 nitrogen and oxygen atoms in total. The Morgan fingerprint density at radius 1 is 1.75 bits per heavy atom. The van der Waals surface area contributed by atoms with E-state index in [1.54, 1.807) is 14.2 Å². The van der Waals surface area contributed by atoms with Gasteiger partial charge in [0.05, 0.1) is 0 Å². The van der Waals surface area contributed by atoms with E-state index in [1.165, 1.54) is 0 Å². The molecule has 0 aromatic rings. The normalized spacial score (nSPS) is 6.25. The second-order valence-electron chi connectivity index (χ2n) is 0.951. The zero-order valence-corrected chi connectivity index (χ0v) is 5.05. The molecule has 0 rings (SSSR count). The first kappa shape index (κ1) is 10.2. The van der Waals surface area contributed by atoms with Crippen LogP contribution in [-0.2, 0) is 9.53 Å². The number of methoxy groups -OCH3 is 1. The van der Waals surface area contributed by atoms with Crippen molar-refractivity contribution >= 4 is 5.97 Å². The van der Waals surface area contributed by atoms with Crippen LogP contribution in [0.25, 0.3) is 0 Å². The molecule has 48 valence electrons. The minimum absolute atomic E-state index is 0.833. The molecule has 3 heteroatoms. The first-order valence-corrected chi connectivity index (χ1v) is 1.94. The summed E-state index contributed by atoms with van der Waals surface area (Å²) < 4.78 is 4.25. The van der Waals surface area contributed by atoms with E-state index in [-0.39, 0.29) is 0 Å². The van der Waals surface area contributed by atoms with Crippen LogP contribution in [0.15, 0.2) is 12.7 Å². The van der Waals surface area contributed by atoms with Crippen LogP contribution in [0, 0.1) is 0 Å². The summed E-state index contributed by atoms with van der Waals surface area (Å²) in [4.78, 5) is 9.25. The predicted molar refractivity (Wildman–Crippen MR) is 30.8 cm³/mol. The van der Waals surface area contributed by atoms with Crippen LogP contribution in [0.1, 0.15) is 0 Å². The minimum Gasteiger partial charge on any atom is -0.478 e. The van der Waals surface area contributed by atoms with Crippen LogP contribution in [0.3, 0.4) is 0 Å². The van der Waals surface area contributed by atoms with Gasteiger partial charge in [-0.05, 0) is 0 Å². The van der Waals surface area contributed by atoms with Gasteiger partial charge in [0.1, 0.15) is 0 Å². The van der Waals surface area contributed by atoms with Crippen molar-refractivity contribution in [2.45, 2.75) is 0 Å². The van der Waals surface area contributed by atoms with E-state index in [4.69, 9.17) is 5.11 Å². The Hall–Kier alpha value is -0.830. The Labute approximate surface area is 48.6 Å². The van der Waals surface area contributed by atoms with Crippen molar-refractivity contribution in [1.29, 1.82) is 0 Å². The highest BCUT2D eigenvalue weighted by atomic mass is 16.4. The molecule has 0 aromatic carbocycles. The lowest BCUT2D eigenvalue weighted by molar-refractivity contribution is -0.131. The molecule has 0 saturated carbocycles. The number of carboxylic acids is 1. The Balaban J connectivity index is 0. The largest absolute Gasteiger partial charge is 0.478 e. The molecule has 8 heavy (non-hydrogen) atoms. The van der Waals surface area contributed by atoms with Gasteiger partial charge in [-0.25, -0.2) is 4.79 Å². The highest BCUT2D eigenvalue weighted by molar-refractivity contribution is 5.78. The van der Waals surface area contributed by atoms with Crippen LogP contribution < -0.4 is 0 Å². The number of carboxylic acid groups (broad SMARTS) is 1. The van der Waals surface area contributed by atoms with Crippen LogP contribution in [0.4, 0.5) is 0 Å². The van der Waals surface area contributed by atoms with E-state index in [2.05, 4.69) is 11.3 Å². The Kier molecular flexibility index (Phi) is 12.1. The standard InChI is InChI=1S/C3H4O2.C2H6O/c1-2-3(4)5;1-3-2/h2H,1H2,(H,4,5);1-2H3. The first-order valence-electron chi connectivity index (χ1n) is 1.94. The second-order valence-corrected chi connectivity index (χ2v) is 0.951. The van der Waals surface area contributed by atoms with Crippen molar-refractivity contribution < 1.29 is 14.6 Å². The third-order valence-electron chi connectivity index (χ3n) is 0.175. The number of hydrogen-bond donors (Lipinski definition) is 1. The fraction of sp³-hybridized carbons (Fsp3) is 0.400. The minimum atomic E-state index is -0.981. The SMILES string of the molecule is C=CC(=O)O.COC. The van der Waals surface area contributed by atoms with E-state index >= 15 is 0 Å². The predicted octanol–water partition coefficient (Wildman–Crippen LogP) is 0.520. The molecule has 0 amide bonds. The number of ether oxygens (including phenoxy) is 1. The van der Waals surface area contributed by atoms with Gasteiger partial charge < -0.3 is 9.84 Å². The average Bonchev–Trinajstić information content (AvgIpc) is 1.69. The Morgan fingerprint density at radius 2 is 1.88 bits per heavy atom. The lowest BCUT2D eigenvalue weighted by atomic mass is 10.7. The van der Waals surface area contributed by atoms with Gasteiger partial charge in [0.15, 0.2) is 0 Å². The number of aliphatic carboxylic acids is 1. The number of hydrogen-bond acceptors (Lipinski definition) is 2. The van der Waals surface area contributed by atoms with Gasteiger partial charge in [-0.1, -0.05) is 6.58 Å². The third kappa shape index (κ3) is 65.7. The second kappa shape index (κ2) is 9.48. The lowest BCUT2D eigenvalue weighted by Crippen LogP contribution is -1.82. The molecule has 0 bridgehead atoms. The molecule has 0 atom stereocenters. The van der Waals surface area contributed by atoms with Gasteiger partial charge in [-0.2, -0.15) is 0 Å². The van der Waals surface area contributed by atoms with Gasteiger partial charge in [-0.3, -0.25) is 0 Å². The van der Waals surface area contributed by atoms with Crippen LogP contribution in [0.2, 0.25) is 0 Å². The van der Waals surface area contributed by atoms with Crippen molar-refractivity contribution in [1.82, 2.24) is 0 Å². The van der Waals surface area contributed by atoms with Crippen LogP contribution >= 0.6 is 0 Å².